The Labute approximate surface area is 92.1 Å². The number of pyridine rings is 1. The summed E-state index contributed by atoms with van der Waals surface area (Å²) < 4.78 is 6.24. The maximum atomic E-state index is 11.3. The molecule has 2 aromatic rings. The number of methoxy groups -OCH3 is 1. The zero-order valence-corrected chi connectivity index (χ0v) is 9.55. The van der Waals surface area contributed by atoms with E-state index in [4.69, 9.17) is 0 Å². The van der Waals surface area contributed by atoms with Gasteiger partial charge in [-0.25, -0.2) is 14.8 Å². The predicted molar refractivity (Wildman–Crippen MR) is 56.5 cm³/mol. The quantitative estimate of drug-likeness (QED) is 0.748. The molecule has 0 spiro atoms. The molecule has 14 heavy (non-hydrogen) atoms. The molecule has 0 bridgehead atoms. The first-order chi connectivity index (χ1) is 6.72. The Hall–Kier alpha value is -1.01. The van der Waals surface area contributed by atoms with Gasteiger partial charge in [0, 0.05) is 6.20 Å². The van der Waals surface area contributed by atoms with Crippen LogP contribution in [0, 0.1) is 0 Å². The summed E-state index contributed by atoms with van der Waals surface area (Å²) in [5.41, 5.74) is 0.836. The molecule has 4 nitrogen and oxygen atoms in total. The summed E-state index contributed by atoms with van der Waals surface area (Å²) in [6.07, 6.45) is 1.57. The normalized spacial score (nSPS) is 10.4. The monoisotopic (exact) mass is 272 g/mol. The lowest BCUT2D eigenvalue weighted by Gasteiger charge is -1.97. The average Bonchev–Trinajstić information content (AvgIpc) is 2.56. The number of hydrogen-bond donors (Lipinski definition) is 0. The van der Waals surface area contributed by atoms with Crippen LogP contribution in [0.2, 0.25) is 0 Å². The van der Waals surface area contributed by atoms with E-state index in [-0.39, 0.29) is 5.69 Å². The second-order valence-electron chi connectivity index (χ2n) is 2.46. The van der Waals surface area contributed by atoms with Gasteiger partial charge < -0.3 is 4.74 Å². The van der Waals surface area contributed by atoms with Crippen molar-refractivity contribution in [3.63, 3.8) is 0 Å². The van der Waals surface area contributed by atoms with E-state index in [1.807, 2.05) is 6.07 Å². The van der Waals surface area contributed by atoms with Gasteiger partial charge in [-0.05, 0) is 22.0 Å². The molecular formula is C8H5BrN2O2S. The lowest BCUT2D eigenvalue weighted by atomic mass is 10.3. The molecule has 0 saturated heterocycles. The van der Waals surface area contributed by atoms with Crippen molar-refractivity contribution in [2.24, 2.45) is 0 Å². The van der Waals surface area contributed by atoms with E-state index in [9.17, 15) is 4.79 Å². The molecule has 0 saturated carbocycles. The highest BCUT2D eigenvalue weighted by molar-refractivity contribution is 9.11. The summed E-state index contributed by atoms with van der Waals surface area (Å²) in [6.45, 7) is 0. The fraction of sp³-hybridized carbons (Fsp3) is 0.125. The molecule has 72 valence electrons. The van der Waals surface area contributed by atoms with Crippen molar-refractivity contribution in [3.8, 4) is 0 Å². The molecule has 2 aromatic heterocycles. The number of thiazole rings is 1. The zero-order valence-electron chi connectivity index (χ0n) is 7.15. The van der Waals surface area contributed by atoms with Gasteiger partial charge in [0.05, 0.1) is 11.8 Å². The summed E-state index contributed by atoms with van der Waals surface area (Å²) in [4.78, 5) is 19.4. The minimum atomic E-state index is -0.464. The molecule has 0 atom stereocenters. The number of ether oxygens (including phenoxy) is 1. The number of halogens is 1. The SMILES string of the molecule is COC(=O)c1nccc2sc(Br)nc12. The highest BCUT2D eigenvalue weighted by Crippen LogP contribution is 2.27. The zero-order chi connectivity index (χ0) is 10.1. The number of esters is 1. The van der Waals surface area contributed by atoms with E-state index in [2.05, 4.69) is 30.6 Å². The molecule has 0 aromatic carbocycles. The maximum Gasteiger partial charge on any atom is 0.358 e. The van der Waals surface area contributed by atoms with Gasteiger partial charge in [-0.3, -0.25) is 0 Å². The third-order valence-electron chi connectivity index (χ3n) is 1.66. The van der Waals surface area contributed by atoms with E-state index < -0.39 is 5.97 Å². The van der Waals surface area contributed by atoms with Gasteiger partial charge in [0.2, 0.25) is 0 Å². The van der Waals surface area contributed by atoms with Gasteiger partial charge >= 0.3 is 5.97 Å². The van der Waals surface area contributed by atoms with Gasteiger partial charge in [-0.2, -0.15) is 0 Å². The second-order valence-corrected chi connectivity index (χ2v) is 4.77. The number of hydrogen-bond acceptors (Lipinski definition) is 5. The van der Waals surface area contributed by atoms with Crippen molar-refractivity contribution in [2.45, 2.75) is 0 Å². The van der Waals surface area contributed by atoms with Crippen LogP contribution in [-0.4, -0.2) is 23.0 Å². The average molecular weight is 273 g/mol. The van der Waals surface area contributed by atoms with E-state index in [0.717, 1.165) is 8.62 Å². The van der Waals surface area contributed by atoms with Crippen molar-refractivity contribution in [1.82, 2.24) is 9.97 Å². The Morgan fingerprint density at radius 3 is 3.14 bits per heavy atom. The third-order valence-corrected chi connectivity index (χ3v) is 3.13. The van der Waals surface area contributed by atoms with Crippen LogP contribution in [0.1, 0.15) is 10.5 Å². The van der Waals surface area contributed by atoms with Crippen LogP contribution in [-0.2, 0) is 4.74 Å². The molecular weight excluding hydrogens is 268 g/mol. The lowest BCUT2D eigenvalue weighted by Crippen LogP contribution is -2.04. The Balaban J connectivity index is 2.70. The van der Waals surface area contributed by atoms with Gasteiger partial charge in [-0.1, -0.05) is 0 Å². The number of nitrogens with zero attached hydrogens (tertiary/aromatic N) is 2. The standard InChI is InChI=1S/C8H5BrN2O2S/c1-13-7(12)6-5-4(2-3-10-6)14-8(9)11-5/h2-3H,1H3. The number of aromatic nitrogens is 2. The first-order valence-corrected chi connectivity index (χ1v) is 5.32. The van der Waals surface area contributed by atoms with Crippen molar-refractivity contribution in [3.05, 3.63) is 21.9 Å². The minimum Gasteiger partial charge on any atom is -0.464 e. The molecule has 0 aliphatic heterocycles. The fourth-order valence-corrected chi connectivity index (χ4v) is 2.46. The second kappa shape index (κ2) is 3.62. The summed E-state index contributed by atoms with van der Waals surface area (Å²) in [6, 6.07) is 1.81. The van der Waals surface area contributed by atoms with Crippen LogP contribution in [0.5, 0.6) is 0 Å². The summed E-state index contributed by atoms with van der Waals surface area (Å²) in [5.74, 6) is -0.464. The molecule has 0 fully saturated rings. The van der Waals surface area contributed by atoms with Crippen LogP contribution < -0.4 is 0 Å². The molecule has 6 heteroatoms. The van der Waals surface area contributed by atoms with Gasteiger partial charge in [-0.15, -0.1) is 11.3 Å². The first-order valence-electron chi connectivity index (χ1n) is 3.71. The predicted octanol–water partition coefficient (Wildman–Crippen LogP) is 2.24. The van der Waals surface area contributed by atoms with E-state index >= 15 is 0 Å². The Bertz CT molecular complexity index is 497. The van der Waals surface area contributed by atoms with E-state index in [1.165, 1.54) is 18.4 Å². The van der Waals surface area contributed by atoms with Crippen LogP contribution >= 0.6 is 27.3 Å². The molecule has 0 aliphatic rings. The van der Waals surface area contributed by atoms with Crippen molar-refractivity contribution >= 4 is 43.5 Å². The van der Waals surface area contributed by atoms with Gasteiger partial charge in [0.1, 0.15) is 5.52 Å². The topological polar surface area (TPSA) is 52.1 Å². The number of rotatable bonds is 1. The summed E-state index contributed by atoms with van der Waals surface area (Å²) in [7, 11) is 1.32. The highest BCUT2D eigenvalue weighted by atomic mass is 79.9. The van der Waals surface area contributed by atoms with Gasteiger partial charge in [0.25, 0.3) is 0 Å². The van der Waals surface area contributed by atoms with Crippen LogP contribution in [0.3, 0.4) is 0 Å². The summed E-state index contributed by atoms with van der Waals surface area (Å²) in [5, 5.41) is 0. The van der Waals surface area contributed by atoms with E-state index in [0.29, 0.717) is 5.52 Å². The van der Waals surface area contributed by atoms with E-state index in [1.54, 1.807) is 6.20 Å². The Kier molecular flexibility index (Phi) is 2.47. The third kappa shape index (κ3) is 1.51. The van der Waals surface area contributed by atoms with Crippen LogP contribution in [0.15, 0.2) is 16.2 Å². The van der Waals surface area contributed by atoms with Crippen molar-refractivity contribution in [1.29, 1.82) is 0 Å². The van der Waals surface area contributed by atoms with Crippen molar-refractivity contribution < 1.29 is 9.53 Å². The smallest absolute Gasteiger partial charge is 0.358 e. The molecule has 0 aliphatic carbocycles. The lowest BCUT2D eigenvalue weighted by molar-refractivity contribution is 0.0596. The molecule has 0 unspecified atom stereocenters. The first kappa shape index (κ1) is 9.54. The van der Waals surface area contributed by atoms with Crippen LogP contribution in [0.25, 0.3) is 10.2 Å². The minimum absolute atomic E-state index is 0.256. The Morgan fingerprint density at radius 1 is 1.64 bits per heavy atom. The molecule has 2 heterocycles. The number of carbonyl (C=O) groups excluding carboxylic acids is 1. The maximum absolute atomic E-state index is 11.3. The number of carbonyl (C=O) groups is 1. The molecule has 0 N–H and O–H groups in total. The van der Waals surface area contributed by atoms with Crippen molar-refractivity contribution in [2.75, 3.05) is 7.11 Å². The molecule has 2 rings (SSSR count). The Morgan fingerprint density at radius 2 is 2.43 bits per heavy atom. The fourth-order valence-electron chi connectivity index (χ4n) is 1.07. The highest BCUT2D eigenvalue weighted by Gasteiger charge is 2.14. The molecule has 0 radical (unpaired) electrons. The summed E-state index contributed by atoms with van der Waals surface area (Å²) >= 11 is 4.71. The largest absolute Gasteiger partial charge is 0.464 e. The number of fused-ring (bicyclic) bond motifs is 1. The van der Waals surface area contributed by atoms with Crippen LogP contribution in [0.4, 0.5) is 0 Å². The molecule has 0 amide bonds. The van der Waals surface area contributed by atoms with Gasteiger partial charge in [0.15, 0.2) is 9.61 Å².